The molecule has 0 heterocycles. The quantitative estimate of drug-likeness (QED) is 0.420. The Balaban J connectivity index is 1.32. The molecule has 4 atom stereocenters. The molecule has 1 aromatic carbocycles. The molecule has 4 rings (SSSR count). The molecule has 1 unspecified atom stereocenters. The van der Waals surface area contributed by atoms with Crippen molar-refractivity contribution in [3.05, 3.63) is 47.5 Å². The van der Waals surface area contributed by atoms with E-state index < -0.39 is 6.10 Å². The maximum Gasteiger partial charge on any atom is 0.337 e. The number of rotatable bonds is 10. The smallest absolute Gasteiger partial charge is 0.337 e. The summed E-state index contributed by atoms with van der Waals surface area (Å²) in [5.74, 6) is 0.170. The number of carbonyl (C=O) groups excluding carboxylic acids is 2. The Morgan fingerprint density at radius 2 is 1.97 bits per heavy atom. The Hall–Kier alpha value is -1.98. The summed E-state index contributed by atoms with van der Waals surface area (Å²) in [5.41, 5.74) is 1.66. The molecule has 174 valence electrons. The largest absolute Gasteiger partial charge is 0.465 e. The van der Waals surface area contributed by atoms with Gasteiger partial charge in [0.15, 0.2) is 0 Å². The standard InChI is InChI=1S/C27H36O5/c1-32-26(31)20-11-8-18(9-12-20)10-13-22-21(23(28)16-24(22)29)4-2-5-25(30)27(14-3-15-27)17-19-6-7-19/h2,4,8-9,11-12,19,21-23,25,28,30H,3,5-7,10,13-17H2,1H3/b4-2+/t21-,22-,23-,25?/m1/s1. The average molecular weight is 441 g/mol. The average Bonchev–Trinajstić information content (AvgIpc) is 3.54. The molecule has 0 radical (unpaired) electrons. The maximum atomic E-state index is 12.5. The molecule has 5 nitrogen and oxygen atoms in total. The van der Waals surface area contributed by atoms with E-state index in [1.165, 1.54) is 26.4 Å². The highest BCUT2D eigenvalue weighted by Gasteiger charge is 2.46. The van der Waals surface area contributed by atoms with Gasteiger partial charge >= 0.3 is 5.97 Å². The van der Waals surface area contributed by atoms with Crippen LogP contribution < -0.4 is 0 Å². The van der Waals surface area contributed by atoms with Crippen molar-refractivity contribution in [3.8, 4) is 0 Å². The van der Waals surface area contributed by atoms with Gasteiger partial charge in [0, 0.05) is 18.3 Å². The van der Waals surface area contributed by atoms with Gasteiger partial charge in [-0.05, 0) is 67.6 Å². The molecule has 32 heavy (non-hydrogen) atoms. The van der Waals surface area contributed by atoms with Gasteiger partial charge in [0.05, 0.1) is 24.9 Å². The number of hydrogen-bond donors (Lipinski definition) is 2. The minimum atomic E-state index is -0.647. The van der Waals surface area contributed by atoms with Crippen molar-refractivity contribution in [2.75, 3.05) is 7.11 Å². The molecule has 0 saturated heterocycles. The number of esters is 1. The summed E-state index contributed by atoms with van der Waals surface area (Å²) in [5, 5.41) is 21.3. The molecule has 3 aliphatic rings. The van der Waals surface area contributed by atoms with Crippen LogP contribution >= 0.6 is 0 Å². The first-order valence-electron chi connectivity index (χ1n) is 12.1. The van der Waals surface area contributed by atoms with Crippen molar-refractivity contribution in [2.45, 2.75) is 76.4 Å². The van der Waals surface area contributed by atoms with Crippen LogP contribution in [0, 0.1) is 23.2 Å². The molecule has 3 aliphatic carbocycles. The van der Waals surface area contributed by atoms with E-state index in [2.05, 4.69) is 0 Å². The van der Waals surface area contributed by atoms with Crippen LogP contribution in [0.25, 0.3) is 0 Å². The van der Waals surface area contributed by atoms with Gasteiger partial charge in [0.1, 0.15) is 5.78 Å². The Kier molecular flexibility index (Phi) is 7.16. The first-order chi connectivity index (χ1) is 15.4. The summed E-state index contributed by atoms with van der Waals surface area (Å²) in [6.07, 6.45) is 12.4. The van der Waals surface area contributed by atoms with E-state index in [9.17, 15) is 19.8 Å². The summed E-state index contributed by atoms with van der Waals surface area (Å²) in [4.78, 5) is 24.1. The monoisotopic (exact) mass is 440 g/mol. The summed E-state index contributed by atoms with van der Waals surface area (Å²) in [6.45, 7) is 0. The second kappa shape index (κ2) is 9.88. The van der Waals surface area contributed by atoms with Crippen molar-refractivity contribution >= 4 is 11.8 Å². The third kappa shape index (κ3) is 5.15. The molecule has 3 saturated carbocycles. The van der Waals surface area contributed by atoms with E-state index >= 15 is 0 Å². The van der Waals surface area contributed by atoms with Gasteiger partial charge in [0.25, 0.3) is 0 Å². The van der Waals surface area contributed by atoms with Gasteiger partial charge in [-0.1, -0.05) is 43.5 Å². The highest BCUT2D eigenvalue weighted by molar-refractivity contribution is 5.89. The Labute approximate surface area is 190 Å². The zero-order chi connectivity index (χ0) is 22.7. The highest BCUT2D eigenvalue weighted by Crippen LogP contribution is 2.53. The summed E-state index contributed by atoms with van der Waals surface area (Å²) in [6, 6.07) is 7.26. The minimum absolute atomic E-state index is 0.103. The second-order valence-electron chi connectivity index (χ2n) is 10.2. The number of Topliss-reactive ketones (excluding diaryl/α,β-unsaturated/α-hetero) is 1. The SMILES string of the molecule is COC(=O)c1ccc(CC[C@H]2C(=O)C[C@@H](O)[C@@H]2/C=C/CC(O)C2(CC3CC3)CCC2)cc1. The fourth-order valence-electron chi connectivity index (χ4n) is 5.66. The Morgan fingerprint density at radius 3 is 2.56 bits per heavy atom. The van der Waals surface area contributed by atoms with E-state index in [1.54, 1.807) is 12.1 Å². The van der Waals surface area contributed by atoms with Crippen molar-refractivity contribution in [1.29, 1.82) is 0 Å². The van der Waals surface area contributed by atoms with Crippen LogP contribution in [0.2, 0.25) is 0 Å². The number of aliphatic hydroxyl groups is 2. The van der Waals surface area contributed by atoms with Crippen molar-refractivity contribution in [1.82, 2.24) is 0 Å². The number of ether oxygens (including phenoxy) is 1. The topological polar surface area (TPSA) is 83.8 Å². The molecule has 5 heteroatoms. The Bertz CT molecular complexity index is 834. The van der Waals surface area contributed by atoms with Crippen LogP contribution in [0.15, 0.2) is 36.4 Å². The van der Waals surface area contributed by atoms with Gasteiger partial charge in [-0.25, -0.2) is 4.79 Å². The van der Waals surface area contributed by atoms with Crippen LogP contribution in [0.5, 0.6) is 0 Å². The maximum absolute atomic E-state index is 12.5. The van der Waals surface area contributed by atoms with E-state index in [4.69, 9.17) is 4.74 Å². The third-order valence-electron chi connectivity index (χ3n) is 8.02. The van der Waals surface area contributed by atoms with Crippen LogP contribution in [-0.2, 0) is 16.0 Å². The predicted molar refractivity (Wildman–Crippen MR) is 122 cm³/mol. The summed E-state index contributed by atoms with van der Waals surface area (Å²) < 4.78 is 4.73. The van der Waals surface area contributed by atoms with Crippen LogP contribution in [-0.4, -0.2) is 41.3 Å². The Morgan fingerprint density at radius 1 is 1.25 bits per heavy atom. The number of hydrogen-bond acceptors (Lipinski definition) is 5. The lowest BCUT2D eigenvalue weighted by atomic mass is 9.61. The number of ketones is 1. The first-order valence-corrected chi connectivity index (χ1v) is 12.1. The second-order valence-corrected chi connectivity index (χ2v) is 10.2. The van der Waals surface area contributed by atoms with E-state index in [0.29, 0.717) is 24.8 Å². The van der Waals surface area contributed by atoms with Gasteiger partial charge in [-0.2, -0.15) is 0 Å². The van der Waals surface area contributed by atoms with Crippen LogP contribution in [0.3, 0.4) is 0 Å². The summed E-state index contributed by atoms with van der Waals surface area (Å²) in [7, 11) is 1.36. The van der Waals surface area contributed by atoms with E-state index in [1.807, 2.05) is 24.3 Å². The highest BCUT2D eigenvalue weighted by atomic mass is 16.5. The third-order valence-corrected chi connectivity index (χ3v) is 8.02. The summed E-state index contributed by atoms with van der Waals surface area (Å²) >= 11 is 0. The number of carbonyl (C=O) groups is 2. The zero-order valence-electron chi connectivity index (χ0n) is 19.0. The first kappa shape index (κ1) is 23.2. The van der Waals surface area contributed by atoms with Crippen molar-refractivity contribution in [3.63, 3.8) is 0 Å². The van der Waals surface area contributed by atoms with Crippen LogP contribution in [0.1, 0.15) is 73.7 Å². The van der Waals surface area contributed by atoms with Crippen molar-refractivity contribution < 1.29 is 24.5 Å². The van der Waals surface area contributed by atoms with Gasteiger partial charge in [0.2, 0.25) is 0 Å². The molecule has 2 N–H and O–H groups in total. The number of aryl methyl sites for hydroxylation is 1. The van der Waals surface area contributed by atoms with E-state index in [0.717, 1.165) is 30.7 Å². The normalized spacial score (nSPS) is 28.0. The number of benzene rings is 1. The molecular formula is C27H36O5. The van der Waals surface area contributed by atoms with Gasteiger partial charge in [-0.15, -0.1) is 0 Å². The molecule has 1 aromatic rings. The molecule has 0 spiro atoms. The zero-order valence-corrected chi connectivity index (χ0v) is 19.0. The van der Waals surface area contributed by atoms with Gasteiger partial charge in [-0.3, -0.25) is 4.79 Å². The molecule has 0 aromatic heterocycles. The van der Waals surface area contributed by atoms with Gasteiger partial charge < -0.3 is 14.9 Å². The van der Waals surface area contributed by atoms with Crippen LogP contribution in [0.4, 0.5) is 0 Å². The number of aliphatic hydroxyl groups excluding tert-OH is 2. The fraction of sp³-hybridized carbons (Fsp3) is 0.630. The van der Waals surface area contributed by atoms with E-state index in [-0.39, 0.29) is 41.5 Å². The van der Waals surface area contributed by atoms with Crippen molar-refractivity contribution in [2.24, 2.45) is 23.2 Å². The molecule has 3 fully saturated rings. The predicted octanol–water partition coefficient (Wildman–Crippen LogP) is 4.25. The lowest BCUT2D eigenvalue weighted by Crippen LogP contribution is -2.41. The lowest BCUT2D eigenvalue weighted by Gasteiger charge is -2.46. The lowest BCUT2D eigenvalue weighted by molar-refractivity contribution is -0.121. The molecule has 0 amide bonds. The minimum Gasteiger partial charge on any atom is -0.465 e. The molecule has 0 aliphatic heterocycles. The molecular weight excluding hydrogens is 404 g/mol. The fourth-order valence-corrected chi connectivity index (χ4v) is 5.66. The molecule has 0 bridgehead atoms. The number of methoxy groups -OCH3 is 1.